The van der Waals surface area contributed by atoms with Gasteiger partial charge in [-0.3, -0.25) is 0 Å². The van der Waals surface area contributed by atoms with Gasteiger partial charge < -0.3 is 33.8 Å². The molecule has 0 aromatic heterocycles. The van der Waals surface area contributed by atoms with Gasteiger partial charge in [0, 0.05) is 11.1 Å². The molecule has 1 aromatic rings. The van der Waals surface area contributed by atoms with E-state index in [0.717, 1.165) is 0 Å². The van der Waals surface area contributed by atoms with Crippen molar-refractivity contribution in [3.8, 4) is 0 Å². The second-order valence-corrected chi connectivity index (χ2v) is 11.0. The highest BCUT2D eigenvalue weighted by molar-refractivity contribution is 5.44. The molecule has 1 rings (SSSR count). The molecule has 0 saturated carbocycles. The van der Waals surface area contributed by atoms with Gasteiger partial charge in [0.15, 0.2) is 0 Å². The fourth-order valence-corrected chi connectivity index (χ4v) is 5.22. The highest BCUT2D eigenvalue weighted by Crippen LogP contribution is 2.29. The first-order valence-corrected chi connectivity index (χ1v) is 13.4. The van der Waals surface area contributed by atoms with E-state index in [1.54, 1.807) is 16.7 Å². The molecule has 0 heterocycles. The topological polar surface area (TPSA) is 0 Å². The van der Waals surface area contributed by atoms with E-state index in [4.69, 9.17) is 0 Å². The number of rotatable bonds is 16. The number of unbranched alkanes of at least 4 members (excludes halogenated alkanes) is 4. The molecule has 0 unspecified atom stereocenters. The summed E-state index contributed by atoms with van der Waals surface area (Å²) < 4.78 is 2.40. The summed E-state index contributed by atoms with van der Waals surface area (Å²) in [5.41, 5.74) is 7.87. The van der Waals surface area contributed by atoms with E-state index in [0.29, 0.717) is 0 Å². The van der Waals surface area contributed by atoms with Crippen LogP contribution in [0.1, 0.15) is 107 Å². The summed E-state index contributed by atoms with van der Waals surface area (Å²) in [5, 5.41) is 0. The number of hydrogen-bond acceptors (Lipinski definition) is 0. The monoisotopic (exact) mass is 502 g/mol. The Bertz CT molecular complexity index is 589. The molecule has 0 bridgehead atoms. The lowest BCUT2D eigenvalue weighted by Gasteiger charge is -2.38. The van der Waals surface area contributed by atoms with Gasteiger partial charge in [0.1, 0.15) is 13.1 Å². The van der Waals surface area contributed by atoms with Crippen molar-refractivity contribution in [2.24, 2.45) is 0 Å². The molecule has 196 valence electrons. The summed E-state index contributed by atoms with van der Waals surface area (Å²) in [6.45, 7) is 24.1. The zero-order valence-electron chi connectivity index (χ0n) is 23.6. The lowest BCUT2D eigenvalue weighted by molar-refractivity contribution is -0.923. The Morgan fingerprint density at radius 2 is 0.818 bits per heavy atom. The average Bonchev–Trinajstić information content (AvgIpc) is 2.74. The first-order valence-electron chi connectivity index (χ1n) is 13.4. The minimum Gasteiger partial charge on any atom is -1.00 e. The minimum absolute atomic E-state index is 0. The lowest BCUT2D eigenvalue weighted by atomic mass is 9.91. The van der Waals surface area contributed by atoms with Gasteiger partial charge in [0.25, 0.3) is 0 Å². The number of quaternary nitrogens is 2. The van der Waals surface area contributed by atoms with E-state index in [2.05, 4.69) is 68.6 Å². The van der Waals surface area contributed by atoms with Gasteiger partial charge in [-0.1, -0.05) is 59.4 Å². The highest BCUT2D eigenvalue weighted by Gasteiger charge is 2.27. The first kappa shape index (κ1) is 34.9. The fourth-order valence-electron chi connectivity index (χ4n) is 5.22. The molecule has 1 aromatic carbocycles. The van der Waals surface area contributed by atoms with Crippen LogP contribution in [0.5, 0.6) is 0 Å². The van der Waals surface area contributed by atoms with Crippen molar-refractivity contribution in [2.75, 3.05) is 40.3 Å². The fraction of sp³-hybridized carbons (Fsp3) is 0.793. The second kappa shape index (κ2) is 17.2. The smallest absolute Gasteiger partial charge is 0.105 e. The van der Waals surface area contributed by atoms with Crippen LogP contribution < -0.4 is 24.8 Å². The molecule has 0 spiro atoms. The predicted octanol–water partition coefficient (Wildman–Crippen LogP) is 1.71. The molecular formula is C29H56Cl2N2. The van der Waals surface area contributed by atoms with Crippen LogP contribution in [0.3, 0.4) is 0 Å². The van der Waals surface area contributed by atoms with Crippen LogP contribution in [0.4, 0.5) is 0 Å². The molecule has 0 radical (unpaired) electrons. The van der Waals surface area contributed by atoms with Crippen molar-refractivity contribution in [1.82, 2.24) is 0 Å². The van der Waals surface area contributed by atoms with Crippen LogP contribution in [-0.4, -0.2) is 49.2 Å². The van der Waals surface area contributed by atoms with Crippen molar-refractivity contribution >= 4 is 0 Å². The molecule has 0 fully saturated rings. The Morgan fingerprint density at radius 3 is 1.06 bits per heavy atom. The van der Waals surface area contributed by atoms with Crippen molar-refractivity contribution < 1.29 is 33.8 Å². The van der Waals surface area contributed by atoms with Crippen LogP contribution in [0.25, 0.3) is 0 Å². The van der Waals surface area contributed by atoms with Gasteiger partial charge in [0.2, 0.25) is 0 Å². The third-order valence-corrected chi connectivity index (χ3v) is 7.58. The Morgan fingerprint density at radius 1 is 0.545 bits per heavy atom. The second-order valence-electron chi connectivity index (χ2n) is 11.0. The molecule has 0 aliphatic heterocycles. The van der Waals surface area contributed by atoms with Gasteiger partial charge in [0.05, 0.1) is 40.3 Å². The predicted molar refractivity (Wildman–Crippen MR) is 140 cm³/mol. The third-order valence-electron chi connectivity index (χ3n) is 7.58. The minimum atomic E-state index is 0. The Kier molecular flexibility index (Phi) is 18.2. The highest BCUT2D eigenvalue weighted by atomic mass is 35.5. The Hall–Kier alpha value is -0.280. The van der Waals surface area contributed by atoms with Gasteiger partial charge in [-0.15, -0.1) is 0 Å². The number of aryl methyl sites for hydroxylation is 2. The van der Waals surface area contributed by atoms with E-state index in [-0.39, 0.29) is 24.8 Å². The first-order chi connectivity index (χ1) is 14.6. The van der Waals surface area contributed by atoms with E-state index < -0.39 is 0 Å². The maximum absolute atomic E-state index is 2.51. The van der Waals surface area contributed by atoms with Crippen LogP contribution in [0.15, 0.2) is 6.07 Å². The van der Waals surface area contributed by atoms with Crippen LogP contribution in [0.2, 0.25) is 0 Å². The molecule has 0 atom stereocenters. The average molecular weight is 504 g/mol. The van der Waals surface area contributed by atoms with E-state index >= 15 is 0 Å². The van der Waals surface area contributed by atoms with E-state index in [9.17, 15) is 0 Å². The van der Waals surface area contributed by atoms with Crippen molar-refractivity contribution in [2.45, 2.75) is 113 Å². The summed E-state index contributed by atoms with van der Waals surface area (Å²) in [6.07, 6.45) is 10.5. The molecule has 0 N–H and O–H groups in total. The molecule has 0 amide bonds. The van der Waals surface area contributed by atoms with Crippen LogP contribution >= 0.6 is 0 Å². The summed E-state index contributed by atoms with van der Waals surface area (Å²) in [7, 11) is 5.01. The maximum Gasteiger partial charge on any atom is 0.105 e. The largest absolute Gasteiger partial charge is 1.00 e. The van der Waals surface area contributed by atoms with Crippen molar-refractivity contribution in [3.05, 3.63) is 33.9 Å². The summed E-state index contributed by atoms with van der Waals surface area (Å²) in [5.74, 6) is 0. The van der Waals surface area contributed by atoms with Crippen molar-refractivity contribution in [3.63, 3.8) is 0 Å². The van der Waals surface area contributed by atoms with Gasteiger partial charge in [-0.2, -0.15) is 0 Å². The van der Waals surface area contributed by atoms with E-state index in [1.807, 2.05) is 0 Å². The molecule has 33 heavy (non-hydrogen) atoms. The summed E-state index contributed by atoms with van der Waals surface area (Å²) >= 11 is 0. The number of hydrogen-bond donors (Lipinski definition) is 0. The molecule has 0 aliphatic carbocycles. The lowest BCUT2D eigenvalue weighted by Crippen LogP contribution is -3.00. The van der Waals surface area contributed by atoms with Crippen molar-refractivity contribution in [1.29, 1.82) is 0 Å². The maximum atomic E-state index is 2.51. The van der Waals surface area contributed by atoms with Crippen LogP contribution in [-0.2, 0) is 13.1 Å². The number of nitrogens with zero attached hydrogens (tertiary/aromatic N) is 2. The zero-order valence-corrected chi connectivity index (χ0v) is 25.1. The Balaban J connectivity index is 0. The van der Waals surface area contributed by atoms with E-state index in [1.165, 1.54) is 111 Å². The number of halogens is 2. The molecule has 4 heteroatoms. The Labute approximate surface area is 220 Å². The zero-order chi connectivity index (χ0) is 23.5. The van der Waals surface area contributed by atoms with Gasteiger partial charge >= 0.3 is 0 Å². The molecule has 0 aliphatic rings. The SMILES string of the molecule is CCCC[N+](C)(CCCC)Cc1c(C)cc(C)c(C[N+](C)(CCCC)CCCC)c1C.[Cl-].[Cl-]. The summed E-state index contributed by atoms with van der Waals surface area (Å²) in [6, 6.07) is 2.49. The normalized spacial score (nSPS) is 11.8. The summed E-state index contributed by atoms with van der Waals surface area (Å²) in [4.78, 5) is 0. The number of benzene rings is 1. The molecule has 0 saturated heterocycles. The van der Waals surface area contributed by atoms with Gasteiger partial charge in [-0.25, -0.2) is 0 Å². The van der Waals surface area contributed by atoms with Crippen LogP contribution in [0, 0.1) is 20.8 Å². The van der Waals surface area contributed by atoms with Gasteiger partial charge in [-0.05, 0) is 63.1 Å². The standard InChI is InChI=1S/C29H56N2.2ClH/c1-10-14-18-30(8,19-15-11-2)23-28-25(5)22-26(6)29(27(28)7)24-31(9,20-16-12-3)21-17-13-4;;/h22H,10-21,23-24H2,1-9H3;2*1H/q+2;;/p-2. The molecular weight excluding hydrogens is 447 g/mol. The third kappa shape index (κ3) is 11.3. The quantitative estimate of drug-likeness (QED) is 0.302. The molecule has 2 nitrogen and oxygen atoms in total.